The van der Waals surface area contributed by atoms with Crippen molar-refractivity contribution in [1.82, 2.24) is 0 Å². The van der Waals surface area contributed by atoms with Crippen molar-refractivity contribution < 1.29 is 15.3 Å². The summed E-state index contributed by atoms with van der Waals surface area (Å²) in [5.74, 6) is -0.135. The summed E-state index contributed by atoms with van der Waals surface area (Å²) in [5, 5.41) is 29.3. The Morgan fingerprint density at radius 1 is 0.722 bits per heavy atom. The van der Waals surface area contributed by atoms with Gasteiger partial charge in [0.15, 0.2) is 11.5 Å². The summed E-state index contributed by atoms with van der Waals surface area (Å²) in [7, 11) is 0. The van der Waals surface area contributed by atoms with Gasteiger partial charge in [0.25, 0.3) is 0 Å². The highest BCUT2D eigenvalue weighted by molar-refractivity contribution is 5.78. The third-order valence-electron chi connectivity index (χ3n) is 3.50. The van der Waals surface area contributed by atoms with Crippen molar-refractivity contribution >= 4 is 0 Å². The van der Waals surface area contributed by atoms with Gasteiger partial charge in [0.2, 0.25) is 0 Å². The van der Waals surface area contributed by atoms with Gasteiger partial charge in [0.1, 0.15) is 5.75 Å². The van der Waals surface area contributed by atoms with E-state index in [0.717, 1.165) is 22.3 Å². The first-order valence-electron chi connectivity index (χ1n) is 5.74. The summed E-state index contributed by atoms with van der Waals surface area (Å²) in [6.07, 6.45) is 0. The topological polar surface area (TPSA) is 60.7 Å². The van der Waals surface area contributed by atoms with Crippen molar-refractivity contribution in [2.75, 3.05) is 0 Å². The van der Waals surface area contributed by atoms with Crippen LogP contribution in [0.4, 0.5) is 0 Å². The minimum atomic E-state index is -0.164. The first-order valence-corrected chi connectivity index (χ1v) is 5.74. The minimum absolute atomic E-state index is 0.162. The molecule has 0 atom stereocenters. The summed E-state index contributed by atoms with van der Waals surface area (Å²) < 4.78 is 0. The van der Waals surface area contributed by atoms with Crippen LogP contribution >= 0.6 is 0 Å². The summed E-state index contributed by atoms with van der Waals surface area (Å²) >= 11 is 0. The molecule has 0 saturated heterocycles. The maximum absolute atomic E-state index is 9.89. The van der Waals surface area contributed by atoms with Crippen LogP contribution in [0, 0.1) is 20.8 Å². The molecule has 0 saturated carbocycles. The van der Waals surface area contributed by atoms with Crippen molar-refractivity contribution in [2.45, 2.75) is 20.8 Å². The molecule has 0 aliphatic carbocycles. The average molecular weight is 244 g/mol. The molecule has 0 radical (unpaired) electrons. The molecule has 3 N–H and O–H groups in total. The number of para-hydroxylation sites is 1. The van der Waals surface area contributed by atoms with E-state index in [1.54, 1.807) is 18.2 Å². The van der Waals surface area contributed by atoms with E-state index >= 15 is 0 Å². The maximum atomic E-state index is 9.89. The maximum Gasteiger partial charge on any atom is 0.165 e. The molecule has 2 aromatic rings. The van der Waals surface area contributed by atoms with Gasteiger partial charge in [0, 0.05) is 5.56 Å². The van der Waals surface area contributed by atoms with Crippen molar-refractivity contribution in [2.24, 2.45) is 0 Å². The Kier molecular flexibility index (Phi) is 2.91. The van der Waals surface area contributed by atoms with E-state index in [4.69, 9.17) is 0 Å². The Hall–Kier alpha value is -2.16. The van der Waals surface area contributed by atoms with E-state index in [1.165, 1.54) is 6.07 Å². The van der Waals surface area contributed by atoms with Gasteiger partial charge in [-0.1, -0.05) is 12.1 Å². The molecule has 0 aromatic heterocycles. The number of benzene rings is 2. The Balaban J connectivity index is 2.76. The first kappa shape index (κ1) is 12.3. The number of aromatic hydroxyl groups is 3. The normalized spacial score (nSPS) is 10.6. The fourth-order valence-corrected chi connectivity index (χ4v) is 2.06. The molecule has 0 aliphatic rings. The van der Waals surface area contributed by atoms with Gasteiger partial charge in [-0.05, 0) is 55.2 Å². The van der Waals surface area contributed by atoms with Crippen LogP contribution in [0.15, 0.2) is 24.3 Å². The molecule has 0 spiro atoms. The highest BCUT2D eigenvalue weighted by Crippen LogP contribution is 2.40. The molecule has 2 rings (SSSR count). The number of hydrogen-bond donors (Lipinski definition) is 3. The summed E-state index contributed by atoms with van der Waals surface area (Å²) in [6, 6.07) is 6.42. The predicted molar refractivity (Wildman–Crippen MR) is 71.1 cm³/mol. The lowest BCUT2D eigenvalue weighted by Crippen LogP contribution is -1.92. The van der Waals surface area contributed by atoms with Crippen LogP contribution in [0.5, 0.6) is 17.2 Å². The van der Waals surface area contributed by atoms with Crippen LogP contribution in [0.1, 0.15) is 16.7 Å². The second-order valence-electron chi connectivity index (χ2n) is 4.49. The quantitative estimate of drug-likeness (QED) is 0.674. The van der Waals surface area contributed by atoms with Gasteiger partial charge in [-0.15, -0.1) is 0 Å². The molecule has 94 valence electrons. The summed E-state index contributed by atoms with van der Waals surface area (Å²) in [4.78, 5) is 0. The third-order valence-corrected chi connectivity index (χ3v) is 3.50. The van der Waals surface area contributed by atoms with Gasteiger partial charge in [-0.3, -0.25) is 0 Å². The molecule has 3 heteroatoms. The van der Waals surface area contributed by atoms with Gasteiger partial charge < -0.3 is 15.3 Å². The number of phenols is 3. The lowest BCUT2D eigenvalue weighted by Gasteiger charge is -2.14. The first-order chi connectivity index (χ1) is 8.43. The zero-order valence-corrected chi connectivity index (χ0v) is 10.7. The van der Waals surface area contributed by atoms with E-state index in [2.05, 4.69) is 0 Å². The zero-order chi connectivity index (χ0) is 13.4. The Labute approximate surface area is 106 Å². The largest absolute Gasteiger partial charge is 0.508 e. The standard InChI is InChI=1S/C15H16O3/c1-8-9(2)12(7-14(17)10(8)3)11-5-4-6-13(16)15(11)18/h4-7,16-18H,1-3H3. The smallest absolute Gasteiger partial charge is 0.165 e. The highest BCUT2D eigenvalue weighted by Gasteiger charge is 2.14. The second-order valence-corrected chi connectivity index (χ2v) is 4.49. The fourth-order valence-electron chi connectivity index (χ4n) is 2.06. The zero-order valence-electron chi connectivity index (χ0n) is 10.7. The van der Waals surface area contributed by atoms with E-state index < -0.39 is 0 Å². The molecule has 2 aromatic carbocycles. The lowest BCUT2D eigenvalue weighted by molar-refractivity contribution is 0.405. The number of hydrogen-bond acceptors (Lipinski definition) is 3. The molecule has 0 heterocycles. The van der Waals surface area contributed by atoms with E-state index in [1.807, 2.05) is 20.8 Å². The van der Waals surface area contributed by atoms with Gasteiger partial charge >= 0.3 is 0 Å². The van der Waals surface area contributed by atoms with Gasteiger partial charge in [-0.2, -0.15) is 0 Å². The fraction of sp³-hybridized carbons (Fsp3) is 0.200. The van der Waals surface area contributed by atoms with Gasteiger partial charge in [0.05, 0.1) is 0 Å². The molecular weight excluding hydrogens is 228 g/mol. The molecular formula is C15H16O3. The van der Waals surface area contributed by atoms with Crippen LogP contribution < -0.4 is 0 Å². The van der Waals surface area contributed by atoms with Gasteiger partial charge in [-0.25, -0.2) is 0 Å². The van der Waals surface area contributed by atoms with Crippen LogP contribution in [0.2, 0.25) is 0 Å². The van der Waals surface area contributed by atoms with Crippen LogP contribution in [-0.2, 0) is 0 Å². The molecule has 0 fully saturated rings. The third kappa shape index (κ3) is 1.78. The average Bonchev–Trinajstić information content (AvgIpc) is 2.35. The summed E-state index contributed by atoms with van der Waals surface area (Å²) in [6.45, 7) is 5.71. The minimum Gasteiger partial charge on any atom is -0.508 e. The number of phenolic OH excluding ortho intramolecular Hbond substituents is 3. The molecule has 0 unspecified atom stereocenters. The molecule has 3 nitrogen and oxygen atoms in total. The second kappa shape index (κ2) is 4.26. The monoisotopic (exact) mass is 244 g/mol. The van der Waals surface area contributed by atoms with Crippen molar-refractivity contribution in [3.8, 4) is 28.4 Å². The number of rotatable bonds is 1. The summed E-state index contributed by atoms with van der Waals surface area (Å²) in [5.41, 5.74) is 4.03. The SMILES string of the molecule is Cc1c(O)cc(-c2cccc(O)c2O)c(C)c1C. The molecule has 0 aliphatic heterocycles. The van der Waals surface area contributed by atoms with E-state index in [0.29, 0.717) is 5.56 Å². The Morgan fingerprint density at radius 2 is 1.39 bits per heavy atom. The predicted octanol–water partition coefficient (Wildman–Crippen LogP) is 3.40. The van der Waals surface area contributed by atoms with E-state index in [9.17, 15) is 15.3 Å². The van der Waals surface area contributed by atoms with Crippen molar-refractivity contribution in [3.63, 3.8) is 0 Å². The van der Waals surface area contributed by atoms with E-state index in [-0.39, 0.29) is 17.2 Å². The lowest BCUT2D eigenvalue weighted by atomic mass is 9.93. The van der Waals surface area contributed by atoms with Crippen molar-refractivity contribution in [3.05, 3.63) is 41.0 Å². The van der Waals surface area contributed by atoms with Crippen LogP contribution in [0.25, 0.3) is 11.1 Å². The highest BCUT2D eigenvalue weighted by atomic mass is 16.3. The molecule has 0 amide bonds. The van der Waals surface area contributed by atoms with Crippen molar-refractivity contribution in [1.29, 1.82) is 0 Å². The molecule has 0 bridgehead atoms. The van der Waals surface area contributed by atoms with Crippen LogP contribution in [0.3, 0.4) is 0 Å². The molecule has 18 heavy (non-hydrogen) atoms. The Morgan fingerprint density at radius 3 is 2.06 bits per heavy atom. The van der Waals surface area contributed by atoms with Crippen LogP contribution in [-0.4, -0.2) is 15.3 Å². The Bertz CT molecular complexity index is 616.